The fraction of sp³-hybridized carbons (Fsp3) is 0.863. The number of allylic oxidation sites excluding steroid dienone is 5. The number of phosphoric ester groups is 1. The molecule has 0 rings (SSSR count). The molecule has 8 nitrogen and oxygen atoms in total. The van der Waals surface area contributed by atoms with Crippen LogP contribution in [0.4, 0.5) is 0 Å². The number of phosphoric acid groups is 1. The molecule has 0 spiro atoms. The van der Waals surface area contributed by atoms with Crippen molar-refractivity contribution < 1.29 is 32.9 Å². The van der Waals surface area contributed by atoms with Crippen molar-refractivity contribution in [3.05, 3.63) is 36.5 Å². The molecule has 9 heteroatoms. The number of amides is 1. The Morgan fingerprint density at radius 1 is 0.567 bits per heavy atom. The largest absolute Gasteiger partial charge is 0.756 e. The fourth-order valence-electron chi connectivity index (χ4n) is 7.30. The van der Waals surface area contributed by atoms with E-state index < -0.39 is 26.6 Å². The SMILES string of the molecule is CCCCCCCCCCCCCCCC/C=C/CC/C=C/CC/C=C/C(O)C(COP(=O)([O-])OCC[N+](C)(C)C)NC(=O)CCCCCCCCCCCCCCCC. The highest BCUT2D eigenvalue weighted by molar-refractivity contribution is 7.45. The minimum atomic E-state index is -4.60. The second-order valence-corrected chi connectivity index (χ2v) is 19.9. The van der Waals surface area contributed by atoms with Gasteiger partial charge >= 0.3 is 0 Å². The summed E-state index contributed by atoms with van der Waals surface area (Å²) < 4.78 is 23.2. The molecular formula is C51H99N2O6P. The Morgan fingerprint density at radius 2 is 0.933 bits per heavy atom. The third-order valence-electron chi connectivity index (χ3n) is 11.3. The van der Waals surface area contributed by atoms with Gasteiger partial charge in [0.15, 0.2) is 0 Å². The number of hydrogen-bond acceptors (Lipinski definition) is 6. The van der Waals surface area contributed by atoms with Gasteiger partial charge < -0.3 is 28.8 Å². The molecule has 1 amide bonds. The highest BCUT2D eigenvalue weighted by Gasteiger charge is 2.23. The van der Waals surface area contributed by atoms with Crippen LogP contribution in [0.2, 0.25) is 0 Å². The van der Waals surface area contributed by atoms with Gasteiger partial charge in [0.05, 0.1) is 39.9 Å². The lowest BCUT2D eigenvalue weighted by atomic mass is 10.0. The standard InChI is InChI=1S/C51H99N2O6P/c1-6-8-10-12-14-16-18-20-22-23-24-25-26-27-28-29-30-31-32-34-36-38-40-42-44-50(54)49(48-59-60(56,57)58-47-46-53(3,4)5)52-51(55)45-43-41-39-37-35-33-21-19-17-15-13-11-9-7-2/h29-30,34,36,42,44,49-50,54H,6-28,31-33,35,37-41,43,45-48H2,1-5H3,(H-,52,55,56,57)/b30-29+,36-34+,44-42+. The first-order chi connectivity index (χ1) is 29.0. The van der Waals surface area contributed by atoms with Crippen LogP contribution in [0.1, 0.15) is 232 Å². The van der Waals surface area contributed by atoms with Gasteiger partial charge in [-0.25, -0.2) is 0 Å². The molecule has 0 aliphatic carbocycles. The van der Waals surface area contributed by atoms with Crippen molar-refractivity contribution in [3.8, 4) is 0 Å². The number of carbonyl (C=O) groups excluding carboxylic acids is 1. The van der Waals surface area contributed by atoms with Crippen LogP contribution in [-0.2, 0) is 18.4 Å². The summed E-state index contributed by atoms with van der Waals surface area (Å²) in [5.74, 6) is -0.210. The number of rotatable bonds is 46. The zero-order valence-electron chi connectivity index (χ0n) is 40.2. The normalized spacial score (nSPS) is 14.4. The number of hydrogen-bond donors (Lipinski definition) is 2. The van der Waals surface area contributed by atoms with Crippen molar-refractivity contribution in [2.75, 3.05) is 40.9 Å². The van der Waals surface area contributed by atoms with Gasteiger partial charge in [-0.15, -0.1) is 0 Å². The molecule has 0 fully saturated rings. The second kappa shape index (κ2) is 43.0. The van der Waals surface area contributed by atoms with Crippen LogP contribution in [0.5, 0.6) is 0 Å². The summed E-state index contributed by atoms with van der Waals surface area (Å²) in [5.41, 5.74) is 0. The van der Waals surface area contributed by atoms with Crippen molar-refractivity contribution >= 4 is 13.7 Å². The molecule has 2 N–H and O–H groups in total. The molecular weight excluding hydrogens is 768 g/mol. The maximum Gasteiger partial charge on any atom is 0.268 e. The summed E-state index contributed by atoms with van der Waals surface area (Å²) >= 11 is 0. The average molecular weight is 867 g/mol. The number of aliphatic hydroxyl groups is 1. The van der Waals surface area contributed by atoms with Gasteiger partial charge in [0.2, 0.25) is 5.91 Å². The predicted octanol–water partition coefficient (Wildman–Crippen LogP) is 14.0. The molecule has 3 unspecified atom stereocenters. The summed E-state index contributed by atoms with van der Waals surface area (Å²) in [6, 6.07) is -0.906. The zero-order valence-corrected chi connectivity index (χ0v) is 41.1. The van der Waals surface area contributed by atoms with Crippen LogP contribution >= 0.6 is 7.82 Å². The predicted molar refractivity (Wildman–Crippen MR) is 256 cm³/mol. The fourth-order valence-corrected chi connectivity index (χ4v) is 8.03. The Bertz CT molecular complexity index is 1070. The van der Waals surface area contributed by atoms with Gasteiger partial charge in [0, 0.05) is 6.42 Å². The van der Waals surface area contributed by atoms with Crippen molar-refractivity contribution in [2.45, 2.75) is 244 Å². The maximum absolute atomic E-state index is 12.9. The van der Waals surface area contributed by atoms with E-state index in [1.807, 2.05) is 27.2 Å². The van der Waals surface area contributed by atoms with Crippen molar-refractivity contribution in [3.63, 3.8) is 0 Å². The Labute approximate surface area is 372 Å². The van der Waals surface area contributed by atoms with Crippen LogP contribution in [-0.4, -0.2) is 68.5 Å². The first-order valence-electron chi connectivity index (χ1n) is 25.4. The average Bonchev–Trinajstić information content (AvgIpc) is 3.20. The van der Waals surface area contributed by atoms with E-state index >= 15 is 0 Å². The lowest BCUT2D eigenvalue weighted by Gasteiger charge is -2.29. The monoisotopic (exact) mass is 867 g/mol. The summed E-state index contributed by atoms with van der Waals surface area (Å²) in [4.78, 5) is 25.3. The van der Waals surface area contributed by atoms with Gasteiger partial charge in [-0.2, -0.15) is 0 Å². The van der Waals surface area contributed by atoms with Crippen molar-refractivity contribution in [1.82, 2.24) is 5.32 Å². The third-order valence-corrected chi connectivity index (χ3v) is 12.3. The first kappa shape index (κ1) is 58.7. The molecule has 0 aromatic heterocycles. The quantitative estimate of drug-likeness (QED) is 0.0273. The molecule has 0 aliphatic heterocycles. The number of unbranched alkanes of at least 4 members (excludes halogenated alkanes) is 29. The van der Waals surface area contributed by atoms with Crippen LogP contribution in [0.3, 0.4) is 0 Å². The number of carbonyl (C=O) groups is 1. The topological polar surface area (TPSA) is 108 Å². The van der Waals surface area contributed by atoms with E-state index in [1.54, 1.807) is 6.08 Å². The minimum absolute atomic E-state index is 0.00771. The van der Waals surface area contributed by atoms with Crippen LogP contribution in [0.25, 0.3) is 0 Å². The molecule has 0 aromatic rings. The van der Waals surface area contributed by atoms with E-state index in [0.717, 1.165) is 44.9 Å². The number of aliphatic hydroxyl groups excluding tert-OH is 1. The lowest BCUT2D eigenvalue weighted by molar-refractivity contribution is -0.870. The molecule has 0 radical (unpaired) electrons. The van der Waals surface area contributed by atoms with Crippen molar-refractivity contribution in [2.24, 2.45) is 0 Å². The Morgan fingerprint density at radius 3 is 1.35 bits per heavy atom. The summed E-state index contributed by atoms with van der Waals surface area (Å²) in [6.07, 6.45) is 53.5. The molecule has 60 heavy (non-hydrogen) atoms. The molecule has 0 saturated carbocycles. The summed E-state index contributed by atoms with van der Waals surface area (Å²) in [7, 11) is 1.24. The molecule has 3 atom stereocenters. The highest BCUT2D eigenvalue weighted by Crippen LogP contribution is 2.38. The molecule has 0 bridgehead atoms. The smallest absolute Gasteiger partial charge is 0.268 e. The van der Waals surface area contributed by atoms with E-state index in [2.05, 4.69) is 43.5 Å². The molecule has 0 saturated heterocycles. The van der Waals surface area contributed by atoms with Gasteiger partial charge in [-0.1, -0.05) is 217 Å². The zero-order chi connectivity index (χ0) is 44.3. The van der Waals surface area contributed by atoms with Gasteiger partial charge in [-0.05, 0) is 44.9 Å². The van der Waals surface area contributed by atoms with E-state index in [9.17, 15) is 19.4 Å². The van der Waals surface area contributed by atoms with E-state index in [4.69, 9.17) is 9.05 Å². The van der Waals surface area contributed by atoms with E-state index in [0.29, 0.717) is 17.4 Å². The van der Waals surface area contributed by atoms with E-state index in [-0.39, 0.29) is 12.5 Å². The summed E-state index contributed by atoms with van der Waals surface area (Å²) in [5, 5.41) is 13.8. The lowest BCUT2D eigenvalue weighted by Crippen LogP contribution is -2.45. The van der Waals surface area contributed by atoms with Crippen LogP contribution in [0.15, 0.2) is 36.5 Å². The number of quaternary nitrogens is 1. The maximum atomic E-state index is 12.9. The Balaban J connectivity index is 4.35. The number of nitrogens with zero attached hydrogens (tertiary/aromatic N) is 1. The van der Waals surface area contributed by atoms with Crippen molar-refractivity contribution in [1.29, 1.82) is 0 Å². The van der Waals surface area contributed by atoms with E-state index in [1.165, 1.54) is 167 Å². The third kappa shape index (κ3) is 44.8. The molecule has 0 aromatic carbocycles. The Kier molecular flexibility index (Phi) is 42.1. The molecule has 0 heterocycles. The number of likely N-dealkylation sites (N-methyl/N-ethyl adjacent to an activating group) is 1. The Hall–Kier alpha value is -1.28. The van der Waals surface area contributed by atoms with Gasteiger partial charge in [0.1, 0.15) is 13.2 Å². The van der Waals surface area contributed by atoms with Crippen LogP contribution < -0.4 is 10.2 Å². The summed E-state index contributed by atoms with van der Waals surface area (Å²) in [6.45, 7) is 4.63. The minimum Gasteiger partial charge on any atom is -0.756 e. The van der Waals surface area contributed by atoms with Gasteiger partial charge in [-0.3, -0.25) is 9.36 Å². The number of nitrogens with one attached hydrogen (secondary N) is 1. The molecule has 0 aliphatic rings. The second-order valence-electron chi connectivity index (χ2n) is 18.5. The first-order valence-corrected chi connectivity index (χ1v) is 26.8. The van der Waals surface area contributed by atoms with Crippen LogP contribution in [0, 0.1) is 0 Å². The van der Waals surface area contributed by atoms with Gasteiger partial charge in [0.25, 0.3) is 7.82 Å². The molecule has 354 valence electrons. The highest BCUT2D eigenvalue weighted by atomic mass is 31.2.